The minimum absolute atomic E-state index is 0.171. The molecule has 0 saturated carbocycles. The summed E-state index contributed by atoms with van der Waals surface area (Å²) in [7, 11) is 4.08. The first kappa shape index (κ1) is 20.3. The maximum absolute atomic E-state index is 6.29. The lowest BCUT2D eigenvalue weighted by Crippen LogP contribution is -2.38. The summed E-state index contributed by atoms with van der Waals surface area (Å²) >= 11 is 0. The van der Waals surface area contributed by atoms with E-state index in [1.54, 1.807) is 0 Å². The van der Waals surface area contributed by atoms with Crippen LogP contribution in [-0.2, 0) is 0 Å². The van der Waals surface area contributed by atoms with Gasteiger partial charge in [-0.25, -0.2) is 0 Å². The Hall–Kier alpha value is -1.42. The van der Waals surface area contributed by atoms with E-state index < -0.39 is 15.1 Å². The lowest BCUT2D eigenvalue weighted by molar-refractivity contribution is 0.486. The van der Waals surface area contributed by atoms with Crippen molar-refractivity contribution < 1.29 is 0 Å². The van der Waals surface area contributed by atoms with Crippen molar-refractivity contribution in [1.82, 2.24) is 0 Å². The second-order valence-corrected chi connectivity index (χ2v) is 13.4. The molecule has 27 heavy (non-hydrogen) atoms. The normalized spacial score (nSPS) is 13.3. The van der Waals surface area contributed by atoms with Crippen LogP contribution >= 0.6 is 15.1 Å². The fraction of sp³-hybridized carbons (Fsp3) is 0.250. The fourth-order valence-electron chi connectivity index (χ4n) is 4.14. The molecule has 3 heteroatoms. The van der Waals surface area contributed by atoms with Gasteiger partial charge in [0.2, 0.25) is 0 Å². The molecule has 3 aromatic rings. The molecular weight excluding hydrogens is 361 g/mol. The van der Waals surface area contributed by atoms with Gasteiger partial charge >= 0.3 is 0 Å². The molecule has 0 aliphatic rings. The van der Waals surface area contributed by atoms with Crippen LogP contribution in [0.2, 0.25) is 0 Å². The Kier molecular flexibility index (Phi) is 6.57. The summed E-state index contributed by atoms with van der Waals surface area (Å²) in [4.78, 5) is 0. The molecule has 1 unspecified atom stereocenters. The van der Waals surface area contributed by atoms with E-state index >= 15 is 0 Å². The molecule has 0 saturated heterocycles. The number of hydrogen-bond donors (Lipinski definition) is 0. The van der Waals surface area contributed by atoms with Crippen LogP contribution in [0, 0.1) is 5.41 Å². The summed E-state index contributed by atoms with van der Waals surface area (Å²) in [6.45, 7) is 6.97. The summed E-state index contributed by atoms with van der Waals surface area (Å²) < 4.78 is 0. The highest BCUT2D eigenvalue weighted by molar-refractivity contribution is 7.95. The molecule has 0 heterocycles. The predicted molar refractivity (Wildman–Crippen MR) is 127 cm³/mol. The van der Waals surface area contributed by atoms with E-state index in [4.69, 9.17) is 7.57 Å². The third kappa shape index (κ3) is 4.71. The monoisotopic (exact) mass is 389 g/mol. The minimum atomic E-state index is -1.78. The third-order valence-corrected chi connectivity index (χ3v) is 11.2. The maximum atomic E-state index is 6.29. The van der Waals surface area contributed by atoms with Gasteiger partial charge in [0, 0.05) is 5.41 Å². The van der Waals surface area contributed by atoms with E-state index in [0.29, 0.717) is 0 Å². The first-order chi connectivity index (χ1) is 12.9. The smallest absolute Gasteiger partial charge is 0.112 e. The van der Waals surface area contributed by atoms with E-state index in [1.807, 2.05) is 0 Å². The molecule has 0 aromatic heterocycles. The molecule has 0 bridgehead atoms. The molecule has 0 nitrogen and oxygen atoms in total. The Morgan fingerprint density at radius 1 is 0.704 bits per heavy atom. The third-order valence-electron chi connectivity index (χ3n) is 4.93. The molecule has 136 valence electrons. The van der Waals surface area contributed by atoms with Crippen molar-refractivity contribution in [3.63, 3.8) is 0 Å². The Bertz CT molecular complexity index is 733. The predicted octanol–water partition coefficient (Wildman–Crippen LogP) is 5.20. The molecule has 0 amide bonds. The molecule has 2 radical (unpaired) electrons. The zero-order valence-corrected chi connectivity index (χ0v) is 18.3. The highest BCUT2D eigenvalue weighted by atomic mass is 31.2. The van der Waals surface area contributed by atoms with Crippen LogP contribution in [0.5, 0.6) is 0 Å². The molecule has 0 aliphatic heterocycles. The van der Waals surface area contributed by atoms with E-state index in [0.717, 1.165) is 12.3 Å². The Balaban J connectivity index is 2.26. The van der Waals surface area contributed by atoms with Gasteiger partial charge in [0.25, 0.3) is 0 Å². The van der Waals surface area contributed by atoms with E-state index in [9.17, 15) is 0 Å². The average molecular weight is 389 g/mol. The Labute approximate surface area is 167 Å². The second-order valence-electron chi connectivity index (χ2n) is 8.05. The second kappa shape index (κ2) is 8.73. The fourth-order valence-corrected chi connectivity index (χ4v) is 10.7. The van der Waals surface area contributed by atoms with E-state index in [-0.39, 0.29) is 5.41 Å². The first-order valence-corrected chi connectivity index (χ1v) is 13.5. The van der Waals surface area contributed by atoms with Crippen LogP contribution in [0.1, 0.15) is 13.8 Å². The van der Waals surface area contributed by atoms with Crippen molar-refractivity contribution in [1.29, 1.82) is 0 Å². The van der Waals surface area contributed by atoms with Gasteiger partial charge in [0.15, 0.2) is 0 Å². The van der Waals surface area contributed by atoms with Crippen LogP contribution in [-0.4, -0.2) is 26.6 Å². The van der Waals surface area contributed by atoms with E-state index in [2.05, 4.69) is 112 Å². The Morgan fingerprint density at radius 3 is 1.33 bits per heavy atom. The van der Waals surface area contributed by atoms with Crippen molar-refractivity contribution >= 4 is 38.5 Å². The molecule has 0 fully saturated rings. The topological polar surface area (TPSA) is 0 Å². The van der Waals surface area contributed by atoms with Gasteiger partial charge in [-0.1, -0.05) is 75.1 Å². The summed E-state index contributed by atoms with van der Waals surface area (Å²) in [6, 6.07) is 33.3. The van der Waals surface area contributed by atoms with Crippen molar-refractivity contribution in [3.8, 4) is 0 Å². The van der Waals surface area contributed by atoms with Gasteiger partial charge in [-0.05, 0) is 42.6 Å². The first-order valence-electron chi connectivity index (χ1n) is 9.45. The van der Waals surface area contributed by atoms with Gasteiger partial charge in [-0.15, -0.1) is 0 Å². The summed E-state index contributed by atoms with van der Waals surface area (Å²) in [5.74, 6) is 0. The van der Waals surface area contributed by atoms with Gasteiger partial charge in [-0.3, -0.25) is 0 Å². The molecule has 0 N–H and O–H groups in total. The molecule has 3 rings (SSSR count). The maximum Gasteiger partial charge on any atom is 0.112 e. The van der Waals surface area contributed by atoms with Crippen LogP contribution in [0.4, 0.5) is 0 Å². The van der Waals surface area contributed by atoms with Crippen LogP contribution in [0.3, 0.4) is 0 Å². The lowest BCUT2D eigenvalue weighted by Gasteiger charge is -2.36. The lowest BCUT2D eigenvalue weighted by atomic mass is 10.00. The molecule has 0 aliphatic carbocycles. The Morgan fingerprint density at radius 2 is 1.04 bits per heavy atom. The van der Waals surface area contributed by atoms with Crippen molar-refractivity contribution in [2.75, 3.05) is 19.0 Å². The summed E-state index contributed by atoms with van der Waals surface area (Å²) in [5.41, 5.74) is 0.171. The standard InChI is InChI=1S/C24H28BP2/c1-24(2,19-26(3)25)20-27(21-13-7-4-8-14-21,22-15-9-5-10-16-22)23-17-11-6-12-18-23/h4-18H,19-20H2,1-3H3/q+1. The zero-order valence-electron chi connectivity index (χ0n) is 16.5. The quantitative estimate of drug-likeness (QED) is 0.385. The highest BCUT2D eigenvalue weighted by Crippen LogP contribution is 2.59. The van der Waals surface area contributed by atoms with Gasteiger partial charge in [0.1, 0.15) is 30.7 Å². The van der Waals surface area contributed by atoms with Crippen molar-refractivity contribution in [3.05, 3.63) is 91.0 Å². The SMILES string of the molecule is [B]P(C)CC(C)(C)C[P+](c1ccccc1)(c1ccccc1)c1ccccc1. The van der Waals surface area contributed by atoms with Crippen LogP contribution in [0.25, 0.3) is 0 Å². The molecule has 0 spiro atoms. The molecule has 1 atom stereocenters. The molecular formula is C24H28BP2+. The number of hydrogen-bond acceptors (Lipinski definition) is 0. The number of benzene rings is 3. The number of rotatable bonds is 7. The van der Waals surface area contributed by atoms with Crippen LogP contribution < -0.4 is 15.9 Å². The van der Waals surface area contributed by atoms with Gasteiger partial charge < -0.3 is 0 Å². The van der Waals surface area contributed by atoms with Gasteiger partial charge in [0.05, 0.1) is 6.16 Å². The zero-order chi connectivity index (χ0) is 19.3. The summed E-state index contributed by atoms with van der Waals surface area (Å²) in [6.07, 6.45) is 2.21. The highest BCUT2D eigenvalue weighted by Gasteiger charge is 2.49. The molecule has 3 aromatic carbocycles. The van der Waals surface area contributed by atoms with Crippen molar-refractivity contribution in [2.24, 2.45) is 5.41 Å². The summed E-state index contributed by atoms with van der Waals surface area (Å²) in [5, 5.41) is 4.36. The van der Waals surface area contributed by atoms with Gasteiger partial charge in [-0.2, -0.15) is 7.80 Å². The van der Waals surface area contributed by atoms with Crippen molar-refractivity contribution in [2.45, 2.75) is 13.8 Å². The van der Waals surface area contributed by atoms with Crippen LogP contribution in [0.15, 0.2) is 91.0 Å². The minimum Gasteiger partial charge on any atom is -0.160 e. The van der Waals surface area contributed by atoms with E-state index in [1.165, 1.54) is 15.9 Å². The average Bonchev–Trinajstić information content (AvgIpc) is 2.67. The largest absolute Gasteiger partial charge is 0.160 e.